The molecule has 9 aromatic rings. The highest BCUT2D eigenvalue weighted by atomic mass is 16.3. The second-order valence-corrected chi connectivity index (χ2v) is 20.2. The average Bonchev–Trinajstić information content (AvgIpc) is 4.01. The van der Waals surface area contributed by atoms with Crippen molar-refractivity contribution in [3.63, 3.8) is 0 Å². The summed E-state index contributed by atoms with van der Waals surface area (Å²) in [6.45, 7) is 14.1. The summed E-state index contributed by atoms with van der Waals surface area (Å²) >= 11 is 0. The zero-order valence-electron chi connectivity index (χ0n) is 52.5. The molecule has 0 aliphatic carbocycles. The number of aromatic hydroxyl groups is 1. The summed E-state index contributed by atoms with van der Waals surface area (Å²) in [5.74, 6) is -2.41. The van der Waals surface area contributed by atoms with Crippen LogP contribution in [0.25, 0.3) is 83.9 Å². The van der Waals surface area contributed by atoms with E-state index < -0.39 is 60.6 Å². The minimum absolute atomic E-state index is 0.0587. The first-order chi connectivity index (χ1) is 37.0. The number of rotatable bonds is 9. The zero-order valence-corrected chi connectivity index (χ0v) is 40.5. The molecule has 0 radical (unpaired) electrons. The number of pyridine rings is 1. The van der Waals surface area contributed by atoms with E-state index >= 15 is 0 Å². The Morgan fingerprint density at radius 3 is 1.94 bits per heavy atom. The van der Waals surface area contributed by atoms with Crippen molar-refractivity contribution in [1.29, 1.82) is 0 Å². The van der Waals surface area contributed by atoms with Crippen molar-refractivity contribution in [2.45, 2.75) is 106 Å². The average molecular weight is 904 g/mol. The van der Waals surface area contributed by atoms with E-state index in [2.05, 4.69) is 59.7 Å². The predicted molar refractivity (Wildman–Crippen MR) is 288 cm³/mol. The molecule has 0 aliphatic heterocycles. The highest BCUT2D eigenvalue weighted by Crippen LogP contribution is 2.46. The molecule has 1 N–H and O–H groups in total. The first kappa shape index (κ1) is 33.4. The summed E-state index contributed by atoms with van der Waals surface area (Å²) in [7, 11) is 0. The van der Waals surface area contributed by atoms with Gasteiger partial charge in [0, 0.05) is 33.9 Å². The van der Waals surface area contributed by atoms with Gasteiger partial charge in [-0.1, -0.05) is 178 Å². The van der Waals surface area contributed by atoms with Crippen LogP contribution in [0.3, 0.4) is 0 Å². The van der Waals surface area contributed by atoms with Gasteiger partial charge in [0.15, 0.2) is 0 Å². The van der Waals surface area contributed by atoms with Crippen molar-refractivity contribution in [2.24, 2.45) is 0 Å². The number of benzene rings is 7. The zero-order chi connectivity index (χ0) is 58.6. The standard InChI is InChI=1S/C64H65N3O/c1-39(2)47-35-53(40(3)4)61(68)56(36-47)62-66-60-52(48-32-49(34-51(33-48)64(10,11)12)57-37-46(29-30-65-57)43-23-21-41(5)22-24-43)19-16-20-58(60)67(62)59-38-54(44-17-14-13-15-18-44)42(6)31-55(59)45-25-27-50(28-26-45)63(7,8)9/h13-40,68H,1-12H3/i5D3,6D3,21D,22D,23D,24D,39D,40D. The summed E-state index contributed by atoms with van der Waals surface area (Å²) in [4.78, 5) is 10.3. The Morgan fingerprint density at radius 2 is 1.28 bits per heavy atom. The van der Waals surface area contributed by atoms with Gasteiger partial charge in [-0.05, 0) is 146 Å². The number of hydrogen-bond donors (Lipinski definition) is 1. The molecular weight excluding hydrogens is 827 g/mol. The highest BCUT2D eigenvalue weighted by molar-refractivity contribution is 5.98. The molecular formula is C64H65N3O. The van der Waals surface area contributed by atoms with Gasteiger partial charge in [0.2, 0.25) is 0 Å². The van der Waals surface area contributed by atoms with E-state index in [9.17, 15) is 7.85 Å². The van der Waals surface area contributed by atoms with Gasteiger partial charge >= 0.3 is 0 Å². The Hall–Kier alpha value is -7.04. The minimum atomic E-state index is -2.87. The summed E-state index contributed by atoms with van der Waals surface area (Å²) in [6, 6.07) is 37.4. The van der Waals surface area contributed by atoms with Gasteiger partial charge in [0.05, 0.1) is 33.5 Å². The number of nitrogens with zero attached hydrogens (tertiary/aromatic N) is 3. The van der Waals surface area contributed by atoms with Crippen LogP contribution in [0, 0.1) is 13.7 Å². The van der Waals surface area contributed by atoms with Crippen LogP contribution in [0.15, 0.2) is 158 Å². The molecule has 4 nitrogen and oxygen atoms in total. The molecule has 0 bridgehead atoms. The Kier molecular flexibility index (Phi) is 8.79. The first-order valence-corrected chi connectivity index (χ1v) is 23.0. The maximum atomic E-state index is 12.6. The van der Waals surface area contributed by atoms with Crippen molar-refractivity contribution in [2.75, 3.05) is 0 Å². The van der Waals surface area contributed by atoms with E-state index in [4.69, 9.17) is 23.7 Å². The number of para-hydroxylation sites is 1. The van der Waals surface area contributed by atoms with Crippen molar-refractivity contribution in [3.8, 4) is 78.6 Å². The topological polar surface area (TPSA) is 50.9 Å². The summed E-state index contributed by atoms with van der Waals surface area (Å²) in [6.07, 6.45) is 1.52. The Balaban J connectivity index is 1.40. The lowest BCUT2D eigenvalue weighted by Crippen LogP contribution is -2.11. The molecule has 4 heteroatoms. The summed E-state index contributed by atoms with van der Waals surface area (Å²) in [5.41, 5.74) is 8.87. The number of imidazole rings is 1. The Labute approximate surface area is 421 Å². The second kappa shape index (κ2) is 17.9. The predicted octanol–water partition coefficient (Wildman–Crippen LogP) is 17.6. The maximum absolute atomic E-state index is 12.6. The smallest absolute Gasteiger partial charge is 0.149 e. The van der Waals surface area contributed by atoms with Crippen LogP contribution in [0.5, 0.6) is 5.75 Å². The molecule has 0 spiro atoms. The van der Waals surface area contributed by atoms with Gasteiger partial charge in [-0.3, -0.25) is 9.55 Å². The summed E-state index contributed by atoms with van der Waals surface area (Å²) < 4.78 is 106. The van der Waals surface area contributed by atoms with Crippen LogP contribution in [-0.4, -0.2) is 19.6 Å². The van der Waals surface area contributed by atoms with E-state index in [-0.39, 0.29) is 33.7 Å². The molecule has 0 saturated heterocycles. The molecule has 9 rings (SSSR count). The van der Waals surface area contributed by atoms with E-state index in [1.54, 1.807) is 58.0 Å². The molecule has 0 fully saturated rings. The lowest BCUT2D eigenvalue weighted by molar-refractivity contribution is 0.466. The number of fused-ring (bicyclic) bond motifs is 1. The van der Waals surface area contributed by atoms with Crippen molar-refractivity contribution in [3.05, 3.63) is 191 Å². The number of aromatic nitrogens is 3. The van der Waals surface area contributed by atoms with Crippen LogP contribution in [0.1, 0.15) is 131 Å². The molecule has 2 aromatic heterocycles. The van der Waals surface area contributed by atoms with Crippen LogP contribution >= 0.6 is 0 Å². The van der Waals surface area contributed by atoms with Gasteiger partial charge in [-0.2, -0.15) is 0 Å². The van der Waals surface area contributed by atoms with Gasteiger partial charge in [-0.25, -0.2) is 4.98 Å². The monoisotopic (exact) mass is 904 g/mol. The Morgan fingerprint density at radius 1 is 0.574 bits per heavy atom. The van der Waals surface area contributed by atoms with E-state index in [1.165, 1.54) is 6.20 Å². The van der Waals surface area contributed by atoms with Crippen molar-refractivity contribution >= 4 is 11.0 Å². The normalized spacial score (nSPS) is 15.4. The second-order valence-electron chi connectivity index (χ2n) is 20.2. The maximum Gasteiger partial charge on any atom is 0.149 e. The molecule has 0 amide bonds. The molecule has 2 heterocycles. The number of phenols is 1. The van der Waals surface area contributed by atoms with Gasteiger partial charge < -0.3 is 5.11 Å². The van der Waals surface area contributed by atoms with Gasteiger partial charge in [0.25, 0.3) is 0 Å². The molecule has 0 aliphatic rings. The van der Waals surface area contributed by atoms with Gasteiger partial charge in [-0.15, -0.1) is 0 Å². The minimum Gasteiger partial charge on any atom is -0.507 e. The Bertz CT molecular complexity index is 3860. The molecule has 0 saturated carbocycles. The fourth-order valence-electron chi connectivity index (χ4n) is 8.81. The number of phenolic OH excluding ortho intramolecular Hbond substituents is 1. The number of hydrogen-bond acceptors (Lipinski definition) is 3. The van der Waals surface area contributed by atoms with Gasteiger partial charge in [0.1, 0.15) is 11.6 Å². The van der Waals surface area contributed by atoms with Crippen LogP contribution in [0.4, 0.5) is 0 Å². The fourth-order valence-corrected chi connectivity index (χ4v) is 8.81. The molecule has 7 aromatic carbocycles. The molecule has 68 heavy (non-hydrogen) atoms. The van der Waals surface area contributed by atoms with E-state index in [1.807, 2.05) is 83.4 Å². The van der Waals surface area contributed by atoms with Crippen molar-refractivity contribution < 1.29 is 21.6 Å². The highest BCUT2D eigenvalue weighted by Gasteiger charge is 2.27. The van der Waals surface area contributed by atoms with Crippen LogP contribution in [-0.2, 0) is 10.8 Å². The third-order valence-electron chi connectivity index (χ3n) is 12.8. The molecule has 0 unspecified atom stereocenters. The van der Waals surface area contributed by atoms with E-state index in [0.717, 1.165) is 22.3 Å². The van der Waals surface area contributed by atoms with Crippen molar-refractivity contribution in [1.82, 2.24) is 14.5 Å². The van der Waals surface area contributed by atoms with Crippen LogP contribution < -0.4 is 0 Å². The summed E-state index contributed by atoms with van der Waals surface area (Å²) in [5, 5.41) is 12.6. The number of aryl methyl sites for hydroxylation is 1. The molecule has 0 atom stereocenters. The third-order valence-corrected chi connectivity index (χ3v) is 12.8. The van der Waals surface area contributed by atoms with Crippen LogP contribution in [0.2, 0.25) is 0 Å². The lowest BCUT2D eigenvalue weighted by Gasteiger charge is -2.22. The third kappa shape index (κ3) is 8.93. The lowest BCUT2D eigenvalue weighted by atomic mass is 9.83. The fraction of sp³-hybridized carbons (Fsp3) is 0.250. The largest absolute Gasteiger partial charge is 0.507 e. The SMILES string of the molecule is [2H]c1c([2H])c(C([2H])([2H])[2H])c([2H])c([2H])c1-c1ccnc(-c2cc(-c3cccc4c3nc(-c3cc(C([2H])(C)C)cc(C([2H])(C)C)c3O)n4-c3cc(-c4ccccc4)c(C([2H])([2H])[2H])cc3-c3ccc(C(C)(C)C)cc3)cc(C(C)(C)C)c2)c1. The molecule has 342 valence electrons. The quantitative estimate of drug-likeness (QED) is 0.157. The van der Waals surface area contributed by atoms with E-state index in [0.29, 0.717) is 66.9 Å². The first-order valence-electron chi connectivity index (χ1n) is 29.0.